The van der Waals surface area contributed by atoms with Crippen LogP contribution in [0.4, 0.5) is 0 Å². The molecule has 2 aliphatic rings. The van der Waals surface area contributed by atoms with Crippen LogP contribution in [0.3, 0.4) is 0 Å². The van der Waals surface area contributed by atoms with Gasteiger partial charge in [-0.2, -0.15) is 0 Å². The summed E-state index contributed by atoms with van der Waals surface area (Å²) in [6, 6.07) is 0. The van der Waals surface area contributed by atoms with E-state index in [4.69, 9.17) is 14.2 Å². The topological polar surface area (TPSA) is 186 Å². The van der Waals surface area contributed by atoms with Gasteiger partial charge in [0.15, 0.2) is 0 Å². The average Bonchev–Trinajstić information content (AvgIpc) is 3.34. The molecule has 0 amide bonds. The van der Waals surface area contributed by atoms with E-state index in [2.05, 4.69) is 36.4 Å². The molecule has 2 heterocycles. The van der Waals surface area contributed by atoms with Gasteiger partial charge in [-0.25, -0.2) is 4.79 Å². The molecule has 13 atom stereocenters. The molecule has 2 aliphatic heterocycles. The number of halogens is 1. The Hall–Kier alpha value is -1.61. The van der Waals surface area contributed by atoms with Gasteiger partial charge in [-0.05, 0) is 76.7 Å². The average molecular weight is 818 g/mol. The number of ether oxygens (including phenoxy) is 3. The first-order valence-corrected chi connectivity index (χ1v) is 20.0. The maximum atomic E-state index is 13.0. The van der Waals surface area contributed by atoms with Crippen molar-refractivity contribution in [3.8, 4) is 0 Å². The Kier molecular flexibility index (Phi) is 18.9. The van der Waals surface area contributed by atoms with Crippen molar-refractivity contribution in [2.24, 2.45) is 23.2 Å². The Balaban J connectivity index is 2.11. The van der Waals surface area contributed by atoms with E-state index < -0.39 is 71.7 Å². The van der Waals surface area contributed by atoms with Crippen LogP contribution in [0, 0.1) is 23.2 Å². The van der Waals surface area contributed by atoms with Crippen LogP contribution in [-0.2, 0) is 19.0 Å². The lowest BCUT2D eigenvalue weighted by Gasteiger charge is -2.38. The predicted molar refractivity (Wildman–Crippen MR) is 209 cm³/mol. The second-order valence-corrected chi connectivity index (χ2v) is 17.4. The van der Waals surface area contributed by atoms with E-state index in [0.29, 0.717) is 49.0 Å². The second kappa shape index (κ2) is 21.1. The first kappa shape index (κ1) is 47.5. The summed E-state index contributed by atoms with van der Waals surface area (Å²) in [7, 11) is 1.48. The van der Waals surface area contributed by atoms with E-state index in [0.717, 1.165) is 5.57 Å². The third-order valence-electron chi connectivity index (χ3n) is 11.4. The molecule has 11 nitrogen and oxygen atoms in total. The maximum absolute atomic E-state index is 13.0. The molecule has 3 unspecified atom stereocenters. The zero-order valence-electron chi connectivity index (χ0n) is 33.4. The zero-order valence-corrected chi connectivity index (χ0v) is 35.0. The number of methoxy groups -OCH3 is 1. The highest BCUT2D eigenvalue weighted by Gasteiger charge is 2.52. The number of allylic oxidation sites excluding steroid dienone is 2. The molecule has 306 valence electrons. The Labute approximate surface area is 325 Å². The van der Waals surface area contributed by atoms with E-state index in [9.17, 15) is 40.5 Å². The number of aliphatic hydroxyl groups is 7. The van der Waals surface area contributed by atoms with E-state index in [1.807, 2.05) is 6.92 Å². The molecular weight excluding hydrogens is 748 g/mol. The quantitative estimate of drug-likeness (QED) is 0.0460. The van der Waals surface area contributed by atoms with E-state index in [-0.39, 0.29) is 43.6 Å². The van der Waals surface area contributed by atoms with Gasteiger partial charge in [-0.15, -0.1) is 0 Å². The minimum atomic E-state index is -1.27. The number of aliphatic hydroxyl groups excluding tert-OH is 7. The van der Waals surface area contributed by atoms with Crippen LogP contribution >= 0.6 is 15.9 Å². The van der Waals surface area contributed by atoms with Crippen molar-refractivity contribution < 1.29 is 54.8 Å². The number of esters is 1. The number of fused-ring (bicyclic) bond motifs is 2. The Bertz CT molecular complexity index is 1280. The van der Waals surface area contributed by atoms with Gasteiger partial charge in [0.25, 0.3) is 0 Å². The highest BCUT2D eigenvalue weighted by molar-refractivity contribution is 9.11. The van der Waals surface area contributed by atoms with Crippen LogP contribution in [0.2, 0.25) is 0 Å². The van der Waals surface area contributed by atoms with Crippen molar-refractivity contribution in [3.05, 3.63) is 46.2 Å². The smallest absolute Gasteiger partial charge is 0.331 e. The van der Waals surface area contributed by atoms with Crippen molar-refractivity contribution in [2.75, 3.05) is 7.11 Å². The molecule has 1 saturated heterocycles. The van der Waals surface area contributed by atoms with Gasteiger partial charge in [0, 0.05) is 41.7 Å². The SMILES string of the molecule is C=C(C[C@H](O)C[C@H](O)[C@@H](C)[C@H](O)C[C@H](O)C(C)(C)[C@H](O)C/C(C)=C/[C@H](O)[C@@]1(C)O[C@H]2CC(C)CC(O)CC(C)C/C(C)=C\C(=O)O[C@@H]1C2)/C(=C/Br)OC. The van der Waals surface area contributed by atoms with Crippen molar-refractivity contribution in [2.45, 2.75) is 174 Å². The Morgan fingerprint density at radius 3 is 2.25 bits per heavy atom. The standard InChI is InChI=1S/C41H69BrO11/c1-23-11-24(2)17-39(50)52-38-20-31(14-25(3)13-29(43)12-23)53-41(38,9)37(49)16-26(4)15-35(47)40(7,8)36(48)21-33(46)28(6)32(45)19-30(44)18-27(5)34(22-42)51-10/h16-17,22-23,25,28-33,35-38,43-49H,5,11-15,18-21H2,1-4,6-10H3/b24-17-,26-16+,34-22-/t23?,25?,28-,29?,30+,31+,32+,33-,35-,36+,37+,38-,41-/m1/s1. The number of carbonyl (C=O) groups excluding carboxylic acids is 1. The summed E-state index contributed by atoms with van der Waals surface area (Å²) >= 11 is 3.19. The van der Waals surface area contributed by atoms with Gasteiger partial charge >= 0.3 is 5.97 Å². The molecule has 53 heavy (non-hydrogen) atoms. The fraction of sp³-hybridized carbons (Fsp3) is 0.780. The Morgan fingerprint density at radius 1 is 1.04 bits per heavy atom. The van der Waals surface area contributed by atoms with Crippen molar-refractivity contribution in [1.29, 1.82) is 0 Å². The predicted octanol–water partition coefficient (Wildman–Crippen LogP) is 5.37. The normalized spacial score (nSPS) is 31.9. The fourth-order valence-corrected chi connectivity index (χ4v) is 8.20. The summed E-state index contributed by atoms with van der Waals surface area (Å²) in [6.07, 6.45) is -1.94. The molecule has 0 spiro atoms. The number of rotatable bonds is 16. The van der Waals surface area contributed by atoms with Crippen LogP contribution in [0.5, 0.6) is 0 Å². The van der Waals surface area contributed by atoms with Gasteiger partial charge in [0.1, 0.15) is 23.6 Å². The van der Waals surface area contributed by atoms with Crippen LogP contribution in [0.15, 0.2) is 46.2 Å². The van der Waals surface area contributed by atoms with Gasteiger partial charge in [0.2, 0.25) is 0 Å². The minimum Gasteiger partial charge on any atom is -0.496 e. The van der Waals surface area contributed by atoms with E-state index in [1.54, 1.807) is 45.7 Å². The Morgan fingerprint density at radius 2 is 1.64 bits per heavy atom. The second-order valence-electron chi connectivity index (χ2n) is 17.0. The van der Waals surface area contributed by atoms with E-state index >= 15 is 0 Å². The summed E-state index contributed by atoms with van der Waals surface area (Å²) in [5.41, 5.74) is -0.339. The first-order chi connectivity index (χ1) is 24.5. The maximum Gasteiger partial charge on any atom is 0.331 e. The third kappa shape index (κ3) is 14.1. The molecule has 7 N–H and O–H groups in total. The van der Waals surface area contributed by atoms with Gasteiger partial charge in [-0.1, -0.05) is 74.3 Å². The number of hydrogen-bond donors (Lipinski definition) is 7. The lowest BCUT2D eigenvalue weighted by Crippen LogP contribution is -2.48. The van der Waals surface area contributed by atoms with Crippen molar-refractivity contribution in [3.63, 3.8) is 0 Å². The summed E-state index contributed by atoms with van der Waals surface area (Å²) in [5, 5.41) is 77.0. The molecule has 0 aromatic heterocycles. The largest absolute Gasteiger partial charge is 0.496 e. The summed E-state index contributed by atoms with van der Waals surface area (Å²) in [4.78, 5) is 14.6. The molecule has 12 heteroatoms. The molecule has 2 rings (SSSR count). The zero-order chi connectivity index (χ0) is 40.4. The first-order valence-electron chi connectivity index (χ1n) is 19.1. The van der Waals surface area contributed by atoms with Crippen LogP contribution in [-0.4, -0.2) is 109 Å². The fourth-order valence-electron chi connectivity index (χ4n) is 7.69. The summed E-state index contributed by atoms with van der Waals surface area (Å²) in [6.45, 7) is 18.4. The lowest BCUT2D eigenvalue weighted by molar-refractivity contribution is -0.164. The third-order valence-corrected chi connectivity index (χ3v) is 11.9. The van der Waals surface area contributed by atoms with Gasteiger partial charge < -0.3 is 50.0 Å². The van der Waals surface area contributed by atoms with Crippen LogP contribution in [0.25, 0.3) is 0 Å². The highest BCUT2D eigenvalue weighted by atomic mass is 79.9. The summed E-state index contributed by atoms with van der Waals surface area (Å²) in [5.74, 6) is -0.376. The van der Waals surface area contributed by atoms with Gasteiger partial charge in [-0.3, -0.25) is 0 Å². The van der Waals surface area contributed by atoms with Crippen LogP contribution in [0.1, 0.15) is 113 Å². The number of carbonyl (C=O) groups is 1. The molecular formula is C41H69BrO11. The lowest BCUT2D eigenvalue weighted by atomic mass is 9.75. The molecule has 0 aromatic carbocycles. The van der Waals surface area contributed by atoms with E-state index in [1.165, 1.54) is 13.2 Å². The summed E-state index contributed by atoms with van der Waals surface area (Å²) < 4.78 is 17.6. The van der Waals surface area contributed by atoms with Crippen molar-refractivity contribution >= 4 is 21.9 Å². The van der Waals surface area contributed by atoms with Crippen molar-refractivity contribution in [1.82, 2.24) is 0 Å². The molecule has 0 aromatic rings. The number of hydrogen-bond acceptors (Lipinski definition) is 11. The molecule has 0 aliphatic carbocycles. The monoisotopic (exact) mass is 816 g/mol. The molecule has 0 radical (unpaired) electrons. The minimum absolute atomic E-state index is 0.0217. The molecule has 0 saturated carbocycles. The molecule has 2 bridgehead atoms. The van der Waals surface area contributed by atoms with Crippen LogP contribution < -0.4 is 0 Å². The highest BCUT2D eigenvalue weighted by Crippen LogP contribution is 2.41. The molecule has 1 fully saturated rings. The van der Waals surface area contributed by atoms with Gasteiger partial charge in [0.05, 0.1) is 49.8 Å².